The molecule has 0 aliphatic heterocycles. The molecule has 2 radical (unpaired) electrons. The van der Waals surface area contributed by atoms with E-state index in [2.05, 4.69) is 25.3 Å². The number of thioether (sulfide) groups is 2. The lowest BCUT2D eigenvalue weighted by Gasteiger charge is -2.10. The van der Waals surface area contributed by atoms with Crippen molar-refractivity contribution in [2.75, 3.05) is 23.8 Å². The summed E-state index contributed by atoms with van der Waals surface area (Å²) in [6.07, 6.45) is 0. The maximum Gasteiger partial charge on any atom is 0.160 e. The van der Waals surface area contributed by atoms with Crippen molar-refractivity contribution in [1.82, 2.24) is 0 Å². The van der Waals surface area contributed by atoms with Gasteiger partial charge in [0.05, 0.1) is 34.4 Å². The fraction of sp³-hybridized carbons (Fsp3) is 1.00. The topological polar surface area (TPSA) is 58.9 Å². The molecule has 0 aromatic rings. The van der Waals surface area contributed by atoms with Crippen LogP contribution < -0.4 is 0 Å². The largest absolute Gasteiger partial charge is 0.392 e. The molecule has 2 unspecified atom stereocenters. The van der Waals surface area contributed by atoms with Gasteiger partial charge in [-0.3, -0.25) is 0 Å². The Morgan fingerprint density at radius 2 is 1.83 bits per heavy atom. The second-order valence-electron chi connectivity index (χ2n) is 2.63. The van der Waals surface area contributed by atoms with Crippen LogP contribution in [0.5, 0.6) is 0 Å². The van der Waals surface area contributed by atoms with E-state index in [-0.39, 0.29) is 11.3 Å². The summed E-state index contributed by atoms with van der Waals surface area (Å²) in [5, 5.41) is 16.9. The van der Waals surface area contributed by atoms with Crippen LogP contribution in [0.25, 0.3) is 0 Å². The quantitative estimate of drug-likeness (QED) is 0.209. The van der Waals surface area contributed by atoms with Gasteiger partial charge in [0.1, 0.15) is 0 Å². The van der Waals surface area contributed by atoms with Crippen LogP contribution in [-0.4, -0.2) is 59.2 Å². The summed E-state index contributed by atoms with van der Waals surface area (Å²) in [5.74, 6) is 1.38. The zero-order valence-corrected chi connectivity index (χ0v) is 14.0. The summed E-state index contributed by atoms with van der Waals surface area (Å²) in [4.78, 5) is 0. The first-order valence-corrected chi connectivity index (χ1v) is 8.54. The minimum atomic E-state index is -0.412. The van der Waals surface area contributed by atoms with E-state index in [1.54, 1.807) is 14.1 Å². The second kappa shape index (κ2) is 18.4. The molecular weight excluding hydrogens is 310 g/mol. The van der Waals surface area contributed by atoms with Crippen molar-refractivity contribution in [2.45, 2.75) is 24.3 Å². The summed E-state index contributed by atoms with van der Waals surface area (Å²) < 4.78 is 9.90. The lowest BCUT2D eigenvalue weighted by molar-refractivity contribution is 0.209. The molecule has 106 valence electrons. The van der Waals surface area contributed by atoms with Gasteiger partial charge in [-0.25, -0.2) is 0 Å². The summed E-state index contributed by atoms with van der Waals surface area (Å²) in [6.45, 7) is 3.69. The highest BCUT2D eigenvalue weighted by atomic mass is 32.2. The number of rotatable bonds is 10. The van der Waals surface area contributed by atoms with E-state index in [1.165, 1.54) is 23.5 Å². The fourth-order valence-electron chi connectivity index (χ4n) is 0.639. The Morgan fingerprint density at radius 3 is 2.22 bits per heavy atom. The monoisotopic (exact) mass is 330 g/mol. The van der Waals surface area contributed by atoms with E-state index in [9.17, 15) is 0 Å². The van der Waals surface area contributed by atoms with Gasteiger partial charge in [-0.2, -0.15) is 25.3 Å². The standard InChI is InChI=1S/2C4H10BO2S2/c1-5-4(6)9-3-7-2-8;1-5-4(7-3-8)9-2-6/h2*4,6,8H,2-3H2,1H3. The van der Waals surface area contributed by atoms with E-state index in [0.717, 1.165) is 0 Å². The Morgan fingerprint density at radius 1 is 1.17 bits per heavy atom. The highest BCUT2D eigenvalue weighted by molar-refractivity contribution is 8.01. The number of aliphatic hydroxyl groups is 2. The van der Waals surface area contributed by atoms with Gasteiger partial charge < -0.3 is 19.7 Å². The van der Waals surface area contributed by atoms with E-state index in [4.69, 9.17) is 19.7 Å². The van der Waals surface area contributed by atoms with Crippen LogP contribution in [0.4, 0.5) is 0 Å². The van der Waals surface area contributed by atoms with Gasteiger partial charge in [-0.15, -0.1) is 23.5 Å². The number of hydrogen-bond acceptors (Lipinski definition) is 8. The number of aliphatic hydroxyl groups excluding tert-OH is 2. The van der Waals surface area contributed by atoms with Crippen LogP contribution in [0.2, 0.25) is 13.6 Å². The molecule has 0 spiro atoms. The summed E-state index contributed by atoms with van der Waals surface area (Å²) in [7, 11) is 3.57. The molecule has 0 saturated heterocycles. The second-order valence-corrected chi connectivity index (χ2v) is 5.26. The SMILES string of the molecule is C[B]C(O)SCOCS.C[B]C(OCS)SCO. The molecule has 0 rings (SSSR count). The predicted molar refractivity (Wildman–Crippen MR) is 90.0 cm³/mol. The van der Waals surface area contributed by atoms with Crippen LogP contribution in [0.15, 0.2) is 0 Å². The van der Waals surface area contributed by atoms with E-state index in [0.29, 0.717) is 17.8 Å². The maximum absolute atomic E-state index is 8.89. The van der Waals surface area contributed by atoms with Gasteiger partial charge in [0.15, 0.2) is 14.6 Å². The van der Waals surface area contributed by atoms with Crippen molar-refractivity contribution in [2.24, 2.45) is 0 Å². The van der Waals surface area contributed by atoms with E-state index < -0.39 is 5.34 Å². The van der Waals surface area contributed by atoms with E-state index in [1.807, 2.05) is 14.1 Å². The van der Waals surface area contributed by atoms with Gasteiger partial charge >= 0.3 is 0 Å². The summed E-state index contributed by atoms with van der Waals surface area (Å²) in [6, 6.07) is 0. The molecular formula is C8H20B2O4S4. The lowest BCUT2D eigenvalue weighted by atomic mass is 9.84. The van der Waals surface area contributed by atoms with Gasteiger partial charge in [-0.05, 0) is 0 Å². The van der Waals surface area contributed by atoms with Gasteiger partial charge in [0.2, 0.25) is 0 Å². The zero-order chi connectivity index (χ0) is 14.2. The third kappa shape index (κ3) is 17.4. The van der Waals surface area contributed by atoms with Crippen molar-refractivity contribution >= 4 is 63.3 Å². The molecule has 4 nitrogen and oxygen atoms in total. The van der Waals surface area contributed by atoms with Crippen molar-refractivity contribution in [1.29, 1.82) is 0 Å². The molecule has 18 heavy (non-hydrogen) atoms. The van der Waals surface area contributed by atoms with Crippen LogP contribution >= 0.6 is 48.8 Å². The average molecular weight is 330 g/mol. The molecule has 2 atom stereocenters. The summed E-state index contributed by atoms with van der Waals surface area (Å²) >= 11 is 10.4. The number of ether oxygens (including phenoxy) is 2. The Kier molecular flexibility index (Phi) is 22.1. The van der Waals surface area contributed by atoms with Crippen LogP contribution in [0, 0.1) is 0 Å². The fourth-order valence-corrected chi connectivity index (χ4v) is 2.13. The highest BCUT2D eigenvalue weighted by Gasteiger charge is 2.04. The van der Waals surface area contributed by atoms with Crippen molar-refractivity contribution in [3.05, 3.63) is 0 Å². The molecule has 0 heterocycles. The third-order valence-electron chi connectivity index (χ3n) is 1.45. The van der Waals surface area contributed by atoms with Crippen molar-refractivity contribution < 1.29 is 19.7 Å². The molecule has 0 aliphatic carbocycles. The third-order valence-corrected chi connectivity index (χ3v) is 3.58. The van der Waals surface area contributed by atoms with Gasteiger partial charge in [0, 0.05) is 0 Å². The van der Waals surface area contributed by atoms with Crippen molar-refractivity contribution in [3.63, 3.8) is 0 Å². The molecule has 0 saturated carbocycles. The molecule has 0 aromatic carbocycles. The Hall–Kier alpha value is 1.37. The average Bonchev–Trinajstić information content (AvgIpc) is 2.39. The van der Waals surface area contributed by atoms with Gasteiger partial charge in [-0.1, -0.05) is 13.6 Å². The minimum Gasteiger partial charge on any atom is -0.392 e. The first-order chi connectivity index (χ1) is 8.65. The zero-order valence-electron chi connectivity index (χ0n) is 10.6. The molecule has 0 amide bonds. The van der Waals surface area contributed by atoms with Crippen LogP contribution in [0.1, 0.15) is 0 Å². The Labute approximate surface area is 131 Å². The lowest BCUT2D eigenvalue weighted by Crippen LogP contribution is -2.14. The predicted octanol–water partition coefficient (Wildman–Crippen LogP) is 1.22. The highest BCUT2D eigenvalue weighted by Crippen LogP contribution is 2.09. The molecule has 2 N–H and O–H groups in total. The van der Waals surface area contributed by atoms with Crippen molar-refractivity contribution in [3.8, 4) is 0 Å². The molecule has 10 heteroatoms. The van der Waals surface area contributed by atoms with Crippen LogP contribution in [0.3, 0.4) is 0 Å². The normalized spacial score (nSPS) is 13.2. The first kappa shape index (κ1) is 21.7. The molecule has 0 fully saturated rings. The number of thiol groups is 2. The Balaban J connectivity index is 0. The molecule has 0 aliphatic rings. The molecule has 0 bridgehead atoms. The number of hydrogen-bond donors (Lipinski definition) is 4. The van der Waals surface area contributed by atoms with E-state index >= 15 is 0 Å². The first-order valence-electron chi connectivity index (χ1n) is 5.18. The summed E-state index contributed by atoms with van der Waals surface area (Å²) in [5.41, 5.74) is 0. The smallest absolute Gasteiger partial charge is 0.160 e. The minimum absolute atomic E-state index is 0.0208. The van der Waals surface area contributed by atoms with Crippen LogP contribution in [-0.2, 0) is 9.47 Å². The Bertz CT molecular complexity index is 155. The van der Waals surface area contributed by atoms with Gasteiger partial charge in [0.25, 0.3) is 0 Å². The maximum atomic E-state index is 8.89. The molecule has 0 aromatic heterocycles.